The van der Waals surface area contributed by atoms with Crippen molar-refractivity contribution in [2.75, 3.05) is 6.61 Å². The Morgan fingerprint density at radius 2 is 1.89 bits per heavy atom. The monoisotopic (exact) mass is 396 g/mol. The number of carbonyl (C=O) groups excluding carboxylic acids is 2. The van der Waals surface area contributed by atoms with E-state index in [0.717, 1.165) is 22.0 Å². The van der Waals surface area contributed by atoms with E-state index in [2.05, 4.69) is 10.3 Å². The lowest BCUT2D eigenvalue weighted by atomic mass is 9.80. The molecular formula is C22H21ClN2O3. The number of rotatable bonds is 4. The summed E-state index contributed by atoms with van der Waals surface area (Å²) < 4.78 is 5.26. The third kappa shape index (κ3) is 3.62. The summed E-state index contributed by atoms with van der Waals surface area (Å²) in [6.45, 7) is 2.11. The summed E-state index contributed by atoms with van der Waals surface area (Å²) in [4.78, 5) is 28.5. The van der Waals surface area contributed by atoms with Crippen LogP contribution in [0.1, 0.15) is 28.5 Å². The number of hydrogen-bond acceptors (Lipinski definition) is 3. The van der Waals surface area contributed by atoms with E-state index in [0.29, 0.717) is 30.2 Å². The zero-order valence-electron chi connectivity index (χ0n) is 15.5. The summed E-state index contributed by atoms with van der Waals surface area (Å²) >= 11 is 6.03. The molecule has 0 unspecified atom stereocenters. The maximum absolute atomic E-state index is 12.9. The standard InChI is InChI=1S/C22H21ClN2O3/c1-2-28-22(27)17-10-13-5-3-4-6-14(13)11-19(17)25-21(26)20-12-15-9-16(23)7-8-18(15)24-20/h3-9,12,17,19,24H,2,10-11H2,1H3,(H,25,26)/t17-,19-/m1/s1. The van der Waals surface area contributed by atoms with Gasteiger partial charge in [0, 0.05) is 22.0 Å². The van der Waals surface area contributed by atoms with Gasteiger partial charge in [-0.3, -0.25) is 9.59 Å². The molecule has 1 aliphatic carbocycles. The van der Waals surface area contributed by atoms with Crippen molar-refractivity contribution in [1.29, 1.82) is 0 Å². The van der Waals surface area contributed by atoms with Crippen LogP contribution in [0.3, 0.4) is 0 Å². The van der Waals surface area contributed by atoms with E-state index < -0.39 is 5.92 Å². The predicted octanol–water partition coefficient (Wildman–Crippen LogP) is 3.90. The Kier molecular flexibility index (Phi) is 5.09. The van der Waals surface area contributed by atoms with Gasteiger partial charge in [0.15, 0.2) is 0 Å². The van der Waals surface area contributed by atoms with Crippen LogP contribution in [0.2, 0.25) is 5.02 Å². The molecule has 1 aromatic heterocycles. The second-order valence-electron chi connectivity index (χ2n) is 7.03. The summed E-state index contributed by atoms with van der Waals surface area (Å²) in [6.07, 6.45) is 1.15. The SMILES string of the molecule is CCOC(=O)[C@@H]1Cc2ccccc2C[C@H]1NC(=O)c1cc2cc(Cl)ccc2[nH]1. The molecule has 28 heavy (non-hydrogen) atoms. The third-order valence-electron chi connectivity index (χ3n) is 5.22. The number of nitrogens with one attached hydrogen (secondary N) is 2. The first-order valence-electron chi connectivity index (χ1n) is 9.37. The molecule has 144 valence electrons. The van der Waals surface area contributed by atoms with Crippen molar-refractivity contribution in [3.8, 4) is 0 Å². The van der Waals surface area contributed by atoms with Crippen molar-refractivity contribution in [3.05, 3.63) is 70.4 Å². The first kappa shape index (κ1) is 18.6. The topological polar surface area (TPSA) is 71.2 Å². The Morgan fingerprint density at radius 1 is 1.14 bits per heavy atom. The van der Waals surface area contributed by atoms with Crippen LogP contribution in [0.4, 0.5) is 0 Å². The number of aromatic amines is 1. The number of fused-ring (bicyclic) bond motifs is 2. The molecule has 2 atom stereocenters. The van der Waals surface area contributed by atoms with E-state index in [9.17, 15) is 9.59 Å². The largest absolute Gasteiger partial charge is 0.466 e. The Bertz CT molecular complexity index is 1040. The first-order chi connectivity index (χ1) is 13.5. The molecule has 0 bridgehead atoms. The van der Waals surface area contributed by atoms with E-state index in [1.54, 1.807) is 19.1 Å². The molecule has 1 amide bonds. The van der Waals surface area contributed by atoms with Gasteiger partial charge in [0.2, 0.25) is 0 Å². The van der Waals surface area contributed by atoms with Gasteiger partial charge in [-0.05, 0) is 55.2 Å². The van der Waals surface area contributed by atoms with Gasteiger partial charge >= 0.3 is 5.97 Å². The minimum Gasteiger partial charge on any atom is -0.466 e. The molecule has 0 spiro atoms. The highest BCUT2D eigenvalue weighted by Gasteiger charge is 2.35. The smallest absolute Gasteiger partial charge is 0.311 e. The van der Waals surface area contributed by atoms with E-state index in [1.807, 2.05) is 36.4 Å². The average Bonchev–Trinajstić information content (AvgIpc) is 3.11. The Morgan fingerprint density at radius 3 is 2.64 bits per heavy atom. The number of ether oxygens (including phenoxy) is 1. The fourth-order valence-electron chi connectivity index (χ4n) is 3.83. The van der Waals surface area contributed by atoms with Crippen molar-refractivity contribution in [1.82, 2.24) is 10.3 Å². The van der Waals surface area contributed by atoms with Crippen LogP contribution in [0.5, 0.6) is 0 Å². The van der Waals surface area contributed by atoms with Gasteiger partial charge in [-0.1, -0.05) is 35.9 Å². The van der Waals surface area contributed by atoms with Crippen molar-refractivity contribution in [3.63, 3.8) is 0 Å². The predicted molar refractivity (Wildman–Crippen MR) is 109 cm³/mol. The highest BCUT2D eigenvalue weighted by molar-refractivity contribution is 6.31. The number of benzene rings is 2. The van der Waals surface area contributed by atoms with Gasteiger partial charge in [-0.2, -0.15) is 0 Å². The molecule has 4 rings (SSSR count). The minimum absolute atomic E-state index is 0.244. The van der Waals surface area contributed by atoms with Crippen LogP contribution in [0.25, 0.3) is 10.9 Å². The highest BCUT2D eigenvalue weighted by atomic mass is 35.5. The zero-order chi connectivity index (χ0) is 19.7. The van der Waals surface area contributed by atoms with Gasteiger partial charge in [0.05, 0.1) is 12.5 Å². The molecule has 6 heteroatoms. The average molecular weight is 397 g/mol. The number of halogens is 1. The van der Waals surface area contributed by atoms with Gasteiger partial charge in [0.1, 0.15) is 5.69 Å². The van der Waals surface area contributed by atoms with Crippen molar-refractivity contribution < 1.29 is 14.3 Å². The second kappa shape index (κ2) is 7.68. The molecule has 1 aliphatic rings. The lowest BCUT2D eigenvalue weighted by Gasteiger charge is -2.32. The van der Waals surface area contributed by atoms with Crippen molar-refractivity contribution >= 4 is 34.4 Å². The van der Waals surface area contributed by atoms with Gasteiger partial charge in [-0.25, -0.2) is 0 Å². The van der Waals surface area contributed by atoms with Crippen molar-refractivity contribution in [2.24, 2.45) is 5.92 Å². The van der Waals surface area contributed by atoms with Crippen LogP contribution in [-0.2, 0) is 22.4 Å². The molecule has 5 nitrogen and oxygen atoms in total. The maximum Gasteiger partial charge on any atom is 0.311 e. The zero-order valence-corrected chi connectivity index (χ0v) is 16.3. The quantitative estimate of drug-likeness (QED) is 0.657. The summed E-state index contributed by atoms with van der Waals surface area (Å²) in [6, 6.07) is 14.9. The minimum atomic E-state index is -0.405. The molecule has 2 N–H and O–H groups in total. The lowest BCUT2D eigenvalue weighted by molar-refractivity contribution is -0.149. The number of carbonyl (C=O) groups is 2. The Hall–Kier alpha value is -2.79. The van der Waals surface area contributed by atoms with Crippen LogP contribution in [0, 0.1) is 5.92 Å². The van der Waals surface area contributed by atoms with Gasteiger partial charge in [0.25, 0.3) is 5.91 Å². The number of esters is 1. The molecule has 0 saturated carbocycles. The Labute approximate surface area is 168 Å². The molecular weight excluding hydrogens is 376 g/mol. The second-order valence-corrected chi connectivity index (χ2v) is 7.47. The molecule has 0 radical (unpaired) electrons. The third-order valence-corrected chi connectivity index (χ3v) is 5.45. The number of hydrogen-bond donors (Lipinski definition) is 2. The highest BCUT2D eigenvalue weighted by Crippen LogP contribution is 2.27. The number of H-pyrrole nitrogens is 1. The van der Waals surface area contributed by atoms with Crippen LogP contribution >= 0.6 is 11.6 Å². The first-order valence-corrected chi connectivity index (χ1v) is 9.75. The summed E-state index contributed by atoms with van der Waals surface area (Å²) in [5.74, 6) is -0.922. The molecule has 3 aromatic rings. The van der Waals surface area contributed by atoms with Crippen LogP contribution in [0.15, 0.2) is 48.5 Å². The lowest BCUT2D eigenvalue weighted by Crippen LogP contribution is -2.48. The van der Waals surface area contributed by atoms with Crippen LogP contribution < -0.4 is 5.32 Å². The number of amides is 1. The fourth-order valence-corrected chi connectivity index (χ4v) is 4.02. The summed E-state index contributed by atoms with van der Waals surface area (Å²) in [7, 11) is 0. The van der Waals surface area contributed by atoms with Gasteiger partial charge in [-0.15, -0.1) is 0 Å². The summed E-state index contributed by atoms with van der Waals surface area (Å²) in [5, 5.41) is 4.52. The number of aromatic nitrogens is 1. The maximum atomic E-state index is 12.9. The Balaban J connectivity index is 1.59. The van der Waals surface area contributed by atoms with Gasteiger partial charge < -0.3 is 15.0 Å². The van der Waals surface area contributed by atoms with Crippen molar-refractivity contribution in [2.45, 2.75) is 25.8 Å². The van der Waals surface area contributed by atoms with E-state index >= 15 is 0 Å². The van der Waals surface area contributed by atoms with E-state index in [4.69, 9.17) is 16.3 Å². The van der Waals surface area contributed by atoms with E-state index in [1.165, 1.54) is 0 Å². The normalized spacial score (nSPS) is 18.5. The molecule has 0 fully saturated rings. The van der Waals surface area contributed by atoms with Crippen LogP contribution in [-0.4, -0.2) is 29.5 Å². The van der Waals surface area contributed by atoms with E-state index in [-0.39, 0.29) is 17.9 Å². The summed E-state index contributed by atoms with van der Waals surface area (Å²) in [5.41, 5.74) is 3.56. The molecule has 1 heterocycles. The molecule has 0 aliphatic heterocycles. The molecule has 0 saturated heterocycles. The fraction of sp³-hybridized carbons (Fsp3) is 0.273. The molecule has 2 aromatic carbocycles.